The van der Waals surface area contributed by atoms with Crippen molar-refractivity contribution in [3.05, 3.63) is 10.4 Å². The number of aliphatic hydroxyl groups is 5. The van der Waals surface area contributed by atoms with Crippen molar-refractivity contribution in [3.8, 4) is 0 Å². The van der Waals surface area contributed by atoms with Crippen molar-refractivity contribution in [2.24, 2.45) is 5.11 Å². The van der Waals surface area contributed by atoms with Gasteiger partial charge in [-0.3, -0.25) is 14.9 Å². The van der Waals surface area contributed by atoms with Crippen LogP contribution in [0.2, 0.25) is 0 Å². The fourth-order valence-corrected chi connectivity index (χ4v) is 1.02. The number of carbonyl (C=O) groups is 2. The van der Waals surface area contributed by atoms with Gasteiger partial charge in [-0.25, -0.2) is 0 Å². The highest BCUT2D eigenvalue weighted by molar-refractivity contribution is 5.98. The first-order chi connectivity index (χ1) is 8.84. The second-order valence-electron chi connectivity index (χ2n) is 3.48. The molecule has 0 aromatic heterocycles. The van der Waals surface area contributed by atoms with Crippen LogP contribution in [0.15, 0.2) is 5.11 Å². The minimum atomic E-state index is -2.22. The minimum Gasteiger partial charge on any atom is -0.394 e. The van der Waals surface area contributed by atoms with E-state index < -0.39 is 49.4 Å². The van der Waals surface area contributed by atoms with E-state index in [1.165, 1.54) is 0 Å². The first kappa shape index (κ1) is 17.2. The van der Waals surface area contributed by atoms with Gasteiger partial charge in [0.1, 0.15) is 24.9 Å². The van der Waals surface area contributed by atoms with Gasteiger partial charge in [-0.1, -0.05) is 5.11 Å². The van der Waals surface area contributed by atoms with E-state index in [4.69, 9.17) is 15.7 Å². The van der Waals surface area contributed by atoms with E-state index in [-0.39, 0.29) is 0 Å². The molecule has 6 N–H and O–H groups in total. The Morgan fingerprint density at radius 3 is 2.26 bits per heavy atom. The molecule has 0 radical (unpaired) electrons. The largest absolute Gasteiger partial charge is 0.394 e. The maximum absolute atomic E-state index is 11.2. The zero-order valence-electron chi connectivity index (χ0n) is 9.62. The number of azide groups is 1. The van der Waals surface area contributed by atoms with Crippen LogP contribution in [0.25, 0.3) is 10.4 Å². The average Bonchev–Trinajstić information content (AvgIpc) is 2.41. The van der Waals surface area contributed by atoms with Crippen LogP contribution in [0.1, 0.15) is 0 Å². The summed E-state index contributed by atoms with van der Waals surface area (Å²) in [6.45, 7) is -1.59. The standard InChI is InChI=1S/C8H14N4O7/c9-12-10-1-4(15)11-8(19)7(18)6(17)5(16)3(14)2-13/h3,5-7,13-14,16-18H,1-2H2,(H,11,15,19)/t3-,5-,6+,7+/m1/s1. The van der Waals surface area contributed by atoms with Crippen molar-refractivity contribution in [1.82, 2.24) is 5.32 Å². The molecule has 0 rings (SSSR count). The molecule has 0 aliphatic heterocycles. The molecule has 0 bridgehead atoms. The SMILES string of the molecule is [N-]=[N+]=NCC(=O)NC(=O)[C@@H](O)[C@@H](O)[C@H](O)[C@H](O)CO. The lowest BCUT2D eigenvalue weighted by Crippen LogP contribution is -2.52. The molecule has 0 aliphatic rings. The Labute approximate surface area is 106 Å². The van der Waals surface area contributed by atoms with Gasteiger partial charge in [0, 0.05) is 4.91 Å². The number of amides is 2. The summed E-state index contributed by atoms with van der Waals surface area (Å²) >= 11 is 0. The molecule has 0 saturated heterocycles. The minimum absolute atomic E-state index is 0.688. The lowest BCUT2D eigenvalue weighted by molar-refractivity contribution is -0.151. The summed E-state index contributed by atoms with van der Waals surface area (Å²) in [5, 5.41) is 49.8. The van der Waals surface area contributed by atoms with Crippen molar-refractivity contribution >= 4 is 11.8 Å². The molecule has 0 unspecified atom stereocenters. The molecule has 11 nitrogen and oxygen atoms in total. The molecule has 4 atom stereocenters. The summed E-state index contributed by atoms with van der Waals surface area (Å²) in [6.07, 6.45) is -8.09. The van der Waals surface area contributed by atoms with Gasteiger partial charge in [-0.2, -0.15) is 0 Å². The van der Waals surface area contributed by atoms with Gasteiger partial charge < -0.3 is 25.5 Å². The second kappa shape index (κ2) is 8.37. The normalized spacial score (nSPS) is 16.7. The first-order valence-electron chi connectivity index (χ1n) is 5.02. The van der Waals surface area contributed by atoms with Crippen molar-refractivity contribution in [3.63, 3.8) is 0 Å². The summed E-state index contributed by atoms with van der Waals surface area (Å²) in [4.78, 5) is 24.5. The molecule has 0 aromatic carbocycles. The molecule has 0 aliphatic carbocycles. The number of hydrogen-bond acceptors (Lipinski definition) is 8. The van der Waals surface area contributed by atoms with Crippen molar-refractivity contribution in [2.75, 3.05) is 13.2 Å². The lowest BCUT2D eigenvalue weighted by atomic mass is 10.0. The van der Waals surface area contributed by atoms with E-state index in [0.717, 1.165) is 0 Å². The molecular formula is C8H14N4O7. The Balaban J connectivity index is 4.47. The molecule has 0 heterocycles. The third-order valence-corrected chi connectivity index (χ3v) is 2.06. The van der Waals surface area contributed by atoms with Gasteiger partial charge in [-0.15, -0.1) is 0 Å². The molecule has 0 fully saturated rings. The summed E-state index contributed by atoms with van der Waals surface area (Å²) in [7, 11) is 0. The molecule has 0 saturated carbocycles. The second-order valence-corrected chi connectivity index (χ2v) is 3.48. The summed E-state index contributed by atoms with van der Waals surface area (Å²) in [5.74, 6) is -2.37. The Morgan fingerprint density at radius 2 is 1.79 bits per heavy atom. The smallest absolute Gasteiger partial charge is 0.258 e. The Morgan fingerprint density at radius 1 is 1.21 bits per heavy atom. The van der Waals surface area contributed by atoms with Crippen molar-refractivity contribution < 1.29 is 35.1 Å². The van der Waals surface area contributed by atoms with Crippen LogP contribution in [0, 0.1) is 0 Å². The van der Waals surface area contributed by atoms with E-state index in [0.29, 0.717) is 0 Å². The van der Waals surface area contributed by atoms with E-state index in [1.54, 1.807) is 5.32 Å². The highest BCUT2D eigenvalue weighted by Crippen LogP contribution is 2.05. The fourth-order valence-electron chi connectivity index (χ4n) is 1.02. The van der Waals surface area contributed by atoms with Crippen LogP contribution in [0.4, 0.5) is 0 Å². The zero-order chi connectivity index (χ0) is 15.0. The predicted molar refractivity (Wildman–Crippen MR) is 58.3 cm³/mol. The molecule has 0 aromatic rings. The topological polar surface area (TPSA) is 196 Å². The van der Waals surface area contributed by atoms with Crippen LogP contribution in [-0.4, -0.2) is 74.9 Å². The number of carbonyl (C=O) groups excluding carboxylic acids is 2. The number of hydrogen-bond donors (Lipinski definition) is 6. The molecule has 0 spiro atoms. The van der Waals surface area contributed by atoms with Crippen LogP contribution >= 0.6 is 0 Å². The summed E-state index contributed by atoms with van der Waals surface area (Å²) < 4.78 is 0. The van der Waals surface area contributed by atoms with Gasteiger partial charge >= 0.3 is 0 Å². The van der Waals surface area contributed by atoms with Gasteiger partial charge in [-0.05, 0) is 5.53 Å². The van der Waals surface area contributed by atoms with E-state index in [2.05, 4.69) is 10.0 Å². The molecule has 108 valence electrons. The van der Waals surface area contributed by atoms with Crippen LogP contribution < -0.4 is 5.32 Å². The number of imide groups is 1. The van der Waals surface area contributed by atoms with Gasteiger partial charge in [0.2, 0.25) is 5.91 Å². The maximum atomic E-state index is 11.2. The van der Waals surface area contributed by atoms with E-state index in [1.807, 2.05) is 0 Å². The maximum Gasteiger partial charge on any atom is 0.258 e. The third kappa shape index (κ3) is 5.61. The Bertz CT molecular complexity index is 370. The van der Waals surface area contributed by atoms with Gasteiger partial charge in [0.25, 0.3) is 5.91 Å². The highest BCUT2D eigenvalue weighted by atomic mass is 16.4. The highest BCUT2D eigenvalue weighted by Gasteiger charge is 2.34. The van der Waals surface area contributed by atoms with Crippen molar-refractivity contribution in [1.29, 1.82) is 0 Å². The lowest BCUT2D eigenvalue weighted by Gasteiger charge is -2.24. The average molecular weight is 278 g/mol. The third-order valence-electron chi connectivity index (χ3n) is 2.06. The monoisotopic (exact) mass is 278 g/mol. The number of nitrogens with one attached hydrogen (secondary N) is 1. The molecule has 2 amide bonds. The van der Waals surface area contributed by atoms with Gasteiger partial charge in [0.15, 0.2) is 6.10 Å². The zero-order valence-corrected chi connectivity index (χ0v) is 9.62. The molecule has 11 heteroatoms. The Kier molecular flexibility index (Phi) is 7.60. The van der Waals surface area contributed by atoms with Crippen molar-refractivity contribution in [2.45, 2.75) is 24.4 Å². The van der Waals surface area contributed by atoms with Crippen LogP contribution in [-0.2, 0) is 9.59 Å². The summed E-state index contributed by atoms with van der Waals surface area (Å²) in [5.41, 5.74) is 7.93. The first-order valence-corrected chi connectivity index (χ1v) is 5.02. The predicted octanol–water partition coefficient (Wildman–Crippen LogP) is -3.62. The molecular weight excluding hydrogens is 264 g/mol. The number of nitrogens with zero attached hydrogens (tertiary/aromatic N) is 3. The van der Waals surface area contributed by atoms with Crippen LogP contribution in [0.5, 0.6) is 0 Å². The summed E-state index contributed by atoms with van der Waals surface area (Å²) in [6, 6.07) is 0. The van der Waals surface area contributed by atoms with E-state index >= 15 is 0 Å². The number of rotatable bonds is 7. The van der Waals surface area contributed by atoms with Gasteiger partial charge in [0.05, 0.1) is 6.61 Å². The molecule has 19 heavy (non-hydrogen) atoms. The Hall–Kier alpha value is -1.75. The van der Waals surface area contributed by atoms with E-state index in [9.17, 15) is 24.9 Å². The quantitative estimate of drug-likeness (QED) is 0.157. The van der Waals surface area contributed by atoms with Crippen LogP contribution in [0.3, 0.4) is 0 Å². The number of aliphatic hydroxyl groups excluding tert-OH is 5. The fraction of sp³-hybridized carbons (Fsp3) is 0.750.